The molecule has 0 amide bonds. The molecule has 1 aliphatic rings. The van der Waals surface area contributed by atoms with Crippen molar-refractivity contribution in [1.29, 1.82) is 0 Å². The molecular weight excluding hydrogens is 253 g/mol. The Labute approximate surface area is 114 Å². The molecule has 0 aliphatic heterocycles. The average molecular weight is 272 g/mol. The third kappa shape index (κ3) is 3.37. The monoisotopic (exact) mass is 271 g/mol. The van der Waals surface area contributed by atoms with Crippen molar-refractivity contribution in [3.8, 4) is 0 Å². The van der Waals surface area contributed by atoms with E-state index in [1.807, 2.05) is 12.1 Å². The molecule has 1 aromatic carbocycles. The summed E-state index contributed by atoms with van der Waals surface area (Å²) in [5.41, 5.74) is 1.20. The second-order valence-corrected chi connectivity index (χ2v) is 5.72. The minimum atomic E-state index is 0.671. The summed E-state index contributed by atoms with van der Waals surface area (Å²) in [5.74, 6) is 0.733. The lowest BCUT2D eigenvalue weighted by atomic mass is 9.82. The van der Waals surface area contributed by atoms with Gasteiger partial charge in [-0.25, -0.2) is 0 Å². The molecule has 1 saturated carbocycles. The third-order valence-electron chi connectivity index (χ3n) is 3.73. The molecule has 0 aromatic heterocycles. The minimum Gasteiger partial charge on any atom is -0.317 e. The zero-order valence-corrected chi connectivity index (χ0v) is 11.7. The molecule has 0 saturated heterocycles. The highest BCUT2D eigenvalue weighted by Gasteiger charge is 2.21. The Balaban J connectivity index is 2.02. The van der Waals surface area contributed by atoms with Gasteiger partial charge in [0.25, 0.3) is 0 Å². The maximum absolute atomic E-state index is 6.24. The highest BCUT2D eigenvalue weighted by Crippen LogP contribution is 2.32. The molecule has 0 heterocycles. The van der Waals surface area contributed by atoms with Gasteiger partial charge in [0, 0.05) is 6.04 Å². The van der Waals surface area contributed by atoms with Crippen molar-refractivity contribution in [3.05, 3.63) is 33.8 Å². The highest BCUT2D eigenvalue weighted by atomic mass is 35.5. The largest absolute Gasteiger partial charge is 0.317 e. The number of nitrogens with one attached hydrogen (secondary N) is 1. The van der Waals surface area contributed by atoms with E-state index in [0.29, 0.717) is 11.1 Å². The second kappa shape index (κ2) is 6.08. The molecule has 1 aromatic rings. The SMILES string of the molecule is CNC1CCCC(Cc2cccc(Cl)c2Cl)C1. The Morgan fingerprint density at radius 2 is 2.12 bits per heavy atom. The lowest BCUT2D eigenvalue weighted by Crippen LogP contribution is -2.31. The summed E-state index contributed by atoms with van der Waals surface area (Å²) < 4.78 is 0. The van der Waals surface area contributed by atoms with Crippen LogP contribution in [0.4, 0.5) is 0 Å². The van der Waals surface area contributed by atoms with Crippen molar-refractivity contribution in [2.24, 2.45) is 5.92 Å². The molecule has 2 unspecified atom stereocenters. The number of rotatable bonds is 3. The molecule has 1 fully saturated rings. The predicted molar refractivity (Wildman–Crippen MR) is 75.0 cm³/mol. The lowest BCUT2D eigenvalue weighted by molar-refractivity contribution is 0.294. The Kier molecular flexibility index (Phi) is 4.72. The van der Waals surface area contributed by atoms with E-state index < -0.39 is 0 Å². The van der Waals surface area contributed by atoms with Crippen LogP contribution in [-0.4, -0.2) is 13.1 Å². The Hall–Kier alpha value is -0.240. The van der Waals surface area contributed by atoms with Crippen LogP contribution in [0.15, 0.2) is 18.2 Å². The summed E-state index contributed by atoms with van der Waals surface area (Å²) in [6, 6.07) is 6.61. The summed E-state index contributed by atoms with van der Waals surface area (Å²) in [6.45, 7) is 0. The van der Waals surface area contributed by atoms with E-state index >= 15 is 0 Å². The van der Waals surface area contributed by atoms with Crippen LogP contribution < -0.4 is 5.32 Å². The van der Waals surface area contributed by atoms with Gasteiger partial charge in [-0.3, -0.25) is 0 Å². The maximum atomic E-state index is 6.24. The van der Waals surface area contributed by atoms with Crippen molar-refractivity contribution in [2.75, 3.05) is 7.05 Å². The Morgan fingerprint density at radius 3 is 2.88 bits per heavy atom. The zero-order chi connectivity index (χ0) is 12.3. The van der Waals surface area contributed by atoms with Crippen LogP contribution in [0.1, 0.15) is 31.2 Å². The first-order valence-electron chi connectivity index (χ1n) is 6.31. The van der Waals surface area contributed by atoms with E-state index in [4.69, 9.17) is 23.2 Å². The number of hydrogen-bond acceptors (Lipinski definition) is 1. The van der Waals surface area contributed by atoms with Gasteiger partial charge in [-0.1, -0.05) is 48.2 Å². The molecule has 17 heavy (non-hydrogen) atoms. The average Bonchev–Trinajstić information content (AvgIpc) is 2.35. The van der Waals surface area contributed by atoms with Crippen LogP contribution in [0.2, 0.25) is 10.0 Å². The van der Waals surface area contributed by atoms with Crippen molar-refractivity contribution in [2.45, 2.75) is 38.1 Å². The molecule has 0 radical (unpaired) electrons. The van der Waals surface area contributed by atoms with Crippen LogP contribution in [0.25, 0.3) is 0 Å². The zero-order valence-electron chi connectivity index (χ0n) is 10.2. The lowest BCUT2D eigenvalue weighted by Gasteiger charge is -2.29. The van der Waals surface area contributed by atoms with Crippen molar-refractivity contribution in [1.82, 2.24) is 5.32 Å². The van der Waals surface area contributed by atoms with E-state index in [9.17, 15) is 0 Å². The van der Waals surface area contributed by atoms with Crippen molar-refractivity contribution < 1.29 is 0 Å². The van der Waals surface area contributed by atoms with Gasteiger partial charge in [-0.05, 0) is 43.9 Å². The first kappa shape index (κ1) is 13.2. The highest BCUT2D eigenvalue weighted by molar-refractivity contribution is 6.42. The summed E-state index contributed by atoms with van der Waals surface area (Å²) in [5, 5.41) is 4.79. The molecule has 0 bridgehead atoms. The summed E-state index contributed by atoms with van der Waals surface area (Å²) in [4.78, 5) is 0. The fourth-order valence-corrected chi connectivity index (χ4v) is 3.15. The van der Waals surface area contributed by atoms with Crippen LogP contribution in [-0.2, 0) is 6.42 Å². The first-order chi connectivity index (χ1) is 8.20. The fraction of sp³-hybridized carbons (Fsp3) is 0.571. The van der Waals surface area contributed by atoms with Gasteiger partial charge in [0.1, 0.15) is 0 Å². The van der Waals surface area contributed by atoms with Gasteiger partial charge in [0.05, 0.1) is 10.0 Å². The molecular formula is C14H19Cl2N. The van der Waals surface area contributed by atoms with Crippen molar-refractivity contribution >= 4 is 23.2 Å². The molecule has 1 aliphatic carbocycles. The summed E-state index contributed by atoms with van der Waals surface area (Å²) >= 11 is 12.3. The molecule has 1 N–H and O–H groups in total. The fourth-order valence-electron chi connectivity index (χ4n) is 2.76. The van der Waals surface area contributed by atoms with Gasteiger partial charge in [-0.15, -0.1) is 0 Å². The minimum absolute atomic E-state index is 0.671. The third-order valence-corrected chi connectivity index (χ3v) is 4.59. The quantitative estimate of drug-likeness (QED) is 0.864. The number of benzene rings is 1. The van der Waals surface area contributed by atoms with E-state index in [1.54, 1.807) is 0 Å². The summed E-state index contributed by atoms with van der Waals surface area (Å²) in [6.07, 6.45) is 6.22. The molecule has 0 spiro atoms. The van der Waals surface area contributed by atoms with E-state index in [1.165, 1.54) is 31.2 Å². The van der Waals surface area contributed by atoms with Crippen LogP contribution in [0.5, 0.6) is 0 Å². The molecule has 2 atom stereocenters. The number of hydrogen-bond donors (Lipinski definition) is 1. The second-order valence-electron chi connectivity index (χ2n) is 4.94. The normalized spacial score (nSPS) is 24.9. The molecule has 3 heteroatoms. The van der Waals surface area contributed by atoms with Gasteiger partial charge in [-0.2, -0.15) is 0 Å². The van der Waals surface area contributed by atoms with Crippen LogP contribution in [0.3, 0.4) is 0 Å². The Morgan fingerprint density at radius 1 is 1.29 bits per heavy atom. The van der Waals surface area contributed by atoms with E-state index in [0.717, 1.165) is 17.4 Å². The smallest absolute Gasteiger partial charge is 0.0624 e. The van der Waals surface area contributed by atoms with Gasteiger partial charge < -0.3 is 5.32 Å². The van der Waals surface area contributed by atoms with Gasteiger partial charge in [0.15, 0.2) is 0 Å². The van der Waals surface area contributed by atoms with Crippen LogP contribution >= 0.6 is 23.2 Å². The van der Waals surface area contributed by atoms with E-state index in [-0.39, 0.29) is 0 Å². The Bertz CT molecular complexity index is 378. The molecule has 2 rings (SSSR count). The first-order valence-corrected chi connectivity index (χ1v) is 7.06. The van der Waals surface area contributed by atoms with Crippen LogP contribution in [0, 0.1) is 5.92 Å². The summed E-state index contributed by atoms with van der Waals surface area (Å²) in [7, 11) is 2.05. The van der Waals surface area contributed by atoms with Gasteiger partial charge >= 0.3 is 0 Å². The number of halogens is 2. The van der Waals surface area contributed by atoms with E-state index in [2.05, 4.69) is 18.4 Å². The molecule has 94 valence electrons. The van der Waals surface area contributed by atoms with Gasteiger partial charge in [0.2, 0.25) is 0 Å². The molecule has 1 nitrogen and oxygen atoms in total. The maximum Gasteiger partial charge on any atom is 0.0624 e. The standard InChI is InChI=1S/C14H19Cl2N/c1-17-12-6-2-4-10(9-12)8-11-5-3-7-13(15)14(11)16/h3,5,7,10,12,17H,2,4,6,8-9H2,1H3. The topological polar surface area (TPSA) is 12.0 Å². The predicted octanol–water partition coefficient (Wildman–Crippen LogP) is 4.31. The van der Waals surface area contributed by atoms with Crippen molar-refractivity contribution in [3.63, 3.8) is 0 Å².